The number of pyridine rings is 1. The van der Waals surface area contributed by atoms with E-state index in [1.807, 2.05) is 25.1 Å². The van der Waals surface area contributed by atoms with Crippen LogP contribution in [0.5, 0.6) is 5.75 Å². The van der Waals surface area contributed by atoms with Gasteiger partial charge in [-0.1, -0.05) is 12.1 Å². The average molecular weight is 285 g/mol. The molecule has 110 valence electrons. The Morgan fingerprint density at radius 3 is 2.86 bits per heavy atom. The van der Waals surface area contributed by atoms with Crippen molar-refractivity contribution in [2.75, 3.05) is 18.9 Å². The maximum Gasteiger partial charge on any atom is 0.255 e. The van der Waals surface area contributed by atoms with E-state index in [9.17, 15) is 4.79 Å². The highest BCUT2D eigenvalue weighted by atomic mass is 16.5. The number of nitrogens with two attached hydrogens (primary N) is 1. The molecule has 1 heterocycles. The Balaban J connectivity index is 1.99. The summed E-state index contributed by atoms with van der Waals surface area (Å²) in [7, 11) is 0. The van der Waals surface area contributed by atoms with Crippen molar-refractivity contribution >= 4 is 11.6 Å². The molecule has 0 unspecified atom stereocenters. The second kappa shape index (κ2) is 7.28. The summed E-state index contributed by atoms with van der Waals surface area (Å²) in [5.41, 5.74) is 7.71. The van der Waals surface area contributed by atoms with Gasteiger partial charge in [-0.3, -0.25) is 9.78 Å². The molecule has 0 saturated carbocycles. The molecule has 0 aliphatic rings. The monoisotopic (exact) mass is 285 g/mol. The predicted molar refractivity (Wildman–Crippen MR) is 82.3 cm³/mol. The number of rotatable bonds is 6. The first-order valence-corrected chi connectivity index (χ1v) is 6.91. The zero-order valence-corrected chi connectivity index (χ0v) is 12.0. The van der Waals surface area contributed by atoms with Crippen LogP contribution in [0.2, 0.25) is 0 Å². The second-order valence-electron chi connectivity index (χ2n) is 4.48. The molecular formula is C16H19N3O2. The Hall–Kier alpha value is -2.56. The van der Waals surface area contributed by atoms with E-state index in [0.29, 0.717) is 36.6 Å². The summed E-state index contributed by atoms with van der Waals surface area (Å²) < 4.78 is 5.46. The fourth-order valence-electron chi connectivity index (χ4n) is 1.98. The van der Waals surface area contributed by atoms with Gasteiger partial charge in [0.05, 0.1) is 17.9 Å². The van der Waals surface area contributed by atoms with Crippen LogP contribution in [0.1, 0.15) is 23.0 Å². The van der Waals surface area contributed by atoms with Crippen molar-refractivity contribution < 1.29 is 9.53 Å². The van der Waals surface area contributed by atoms with E-state index in [-0.39, 0.29) is 5.91 Å². The molecule has 0 saturated heterocycles. The van der Waals surface area contributed by atoms with Gasteiger partial charge in [-0.05, 0) is 31.2 Å². The van der Waals surface area contributed by atoms with E-state index < -0.39 is 0 Å². The molecule has 0 spiro atoms. The topological polar surface area (TPSA) is 77.2 Å². The lowest BCUT2D eigenvalue weighted by atomic mass is 10.1. The normalized spacial score (nSPS) is 10.1. The fraction of sp³-hybridized carbons (Fsp3) is 0.250. The highest BCUT2D eigenvalue weighted by molar-refractivity contribution is 5.98. The second-order valence-corrected chi connectivity index (χ2v) is 4.48. The van der Waals surface area contributed by atoms with Crippen molar-refractivity contribution in [3.8, 4) is 5.75 Å². The van der Waals surface area contributed by atoms with Crippen molar-refractivity contribution in [1.29, 1.82) is 0 Å². The van der Waals surface area contributed by atoms with Gasteiger partial charge in [0.2, 0.25) is 0 Å². The average Bonchev–Trinajstić information content (AvgIpc) is 2.50. The van der Waals surface area contributed by atoms with Gasteiger partial charge in [-0.25, -0.2) is 0 Å². The molecular weight excluding hydrogens is 266 g/mol. The Kier molecular flexibility index (Phi) is 5.15. The summed E-state index contributed by atoms with van der Waals surface area (Å²) >= 11 is 0. The zero-order chi connectivity index (χ0) is 15.1. The van der Waals surface area contributed by atoms with Crippen molar-refractivity contribution in [1.82, 2.24) is 10.3 Å². The Morgan fingerprint density at radius 1 is 1.29 bits per heavy atom. The lowest BCUT2D eigenvalue weighted by molar-refractivity contribution is 0.0950. The lowest BCUT2D eigenvalue weighted by Crippen LogP contribution is -2.26. The third kappa shape index (κ3) is 3.95. The molecule has 1 amide bonds. The first kappa shape index (κ1) is 14.8. The molecule has 1 aromatic heterocycles. The zero-order valence-electron chi connectivity index (χ0n) is 12.0. The number of anilines is 1. The lowest BCUT2D eigenvalue weighted by Gasteiger charge is -2.12. The molecule has 3 N–H and O–H groups in total. The number of para-hydroxylation sites is 1. The standard InChI is InChI=1S/C16H19N3O2/c1-2-21-15-13(7-5-8-14(15)17)16(20)19-11-9-12-6-3-4-10-18-12/h3-8,10H,2,9,11,17H2,1H3,(H,19,20). The van der Waals surface area contributed by atoms with E-state index in [0.717, 1.165) is 5.69 Å². The van der Waals surface area contributed by atoms with Gasteiger partial charge in [0.15, 0.2) is 5.75 Å². The molecule has 2 aromatic rings. The number of amides is 1. The number of aromatic nitrogens is 1. The quantitative estimate of drug-likeness (QED) is 0.796. The summed E-state index contributed by atoms with van der Waals surface area (Å²) in [5.74, 6) is 0.247. The molecule has 0 fully saturated rings. The van der Waals surface area contributed by atoms with Crippen LogP contribution in [0, 0.1) is 0 Å². The van der Waals surface area contributed by atoms with Crippen LogP contribution in [0.15, 0.2) is 42.6 Å². The van der Waals surface area contributed by atoms with Gasteiger partial charge >= 0.3 is 0 Å². The molecule has 5 heteroatoms. The van der Waals surface area contributed by atoms with Crippen LogP contribution in [0.3, 0.4) is 0 Å². The summed E-state index contributed by atoms with van der Waals surface area (Å²) in [6.45, 7) is 2.83. The molecule has 0 aliphatic heterocycles. The van der Waals surface area contributed by atoms with Crippen LogP contribution in [-0.4, -0.2) is 24.0 Å². The van der Waals surface area contributed by atoms with Crippen molar-refractivity contribution in [2.45, 2.75) is 13.3 Å². The number of benzene rings is 1. The minimum atomic E-state index is -0.193. The minimum Gasteiger partial charge on any atom is -0.491 e. The number of ether oxygens (including phenoxy) is 1. The van der Waals surface area contributed by atoms with Crippen LogP contribution < -0.4 is 15.8 Å². The summed E-state index contributed by atoms with van der Waals surface area (Å²) in [6, 6.07) is 10.9. The molecule has 2 rings (SSSR count). The van der Waals surface area contributed by atoms with Crippen LogP contribution in [0.25, 0.3) is 0 Å². The highest BCUT2D eigenvalue weighted by Gasteiger charge is 2.14. The number of nitrogens with one attached hydrogen (secondary N) is 1. The van der Waals surface area contributed by atoms with E-state index in [2.05, 4.69) is 10.3 Å². The molecule has 0 atom stereocenters. The molecule has 0 bridgehead atoms. The third-order valence-corrected chi connectivity index (χ3v) is 2.97. The Labute approximate surface area is 124 Å². The van der Waals surface area contributed by atoms with Crippen LogP contribution >= 0.6 is 0 Å². The minimum absolute atomic E-state index is 0.193. The maximum absolute atomic E-state index is 12.2. The number of carbonyl (C=O) groups excluding carboxylic acids is 1. The molecule has 5 nitrogen and oxygen atoms in total. The van der Waals surface area contributed by atoms with Gasteiger partial charge in [-0.2, -0.15) is 0 Å². The third-order valence-electron chi connectivity index (χ3n) is 2.97. The molecule has 21 heavy (non-hydrogen) atoms. The number of hydrogen-bond donors (Lipinski definition) is 2. The van der Waals surface area contributed by atoms with Gasteiger partial charge in [0.1, 0.15) is 0 Å². The fourth-order valence-corrected chi connectivity index (χ4v) is 1.98. The number of nitrogens with zero attached hydrogens (tertiary/aromatic N) is 1. The van der Waals surface area contributed by atoms with Gasteiger partial charge in [-0.15, -0.1) is 0 Å². The van der Waals surface area contributed by atoms with Gasteiger partial charge in [0.25, 0.3) is 5.91 Å². The number of nitrogen functional groups attached to an aromatic ring is 1. The van der Waals surface area contributed by atoms with Crippen LogP contribution in [-0.2, 0) is 6.42 Å². The predicted octanol–water partition coefficient (Wildman–Crippen LogP) is 2.04. The Morgan fingerprint density at radius 2 is 2.14 bits per heavy atom. The Bertz CT molecular complexity index is 600. The smallest absolute Gasteiger partial charge is 0.255 e. The summed E-state index contributed by atoms with van der Waals surface area (Å²) in [4.78, 5) is 16.4. The first-order chi connectivity index (χ1) is 10.2. The molecule has 0 aliphatic carbocycles. The van der Waals surface area contributed by atoms with E-state index in [4.69, 9.17) is 10.5 Å². The van der Waals surface area contributed by atoms with Crippen molar-refractivity contribution in [3.05, 3.63) is 53.9 Å². The highest BCUT2D eigenvalue weighted by Crippen LogP contribution is 2.26. The van der Waals surface area contributed by atoms with E-state index >= 15 is 0 Å². The number of carbonyl (C=O) groups is 1. The molecule has 0 radical (unpaired) electrons. The van der Waals surface area contributed by atoms with Gasteiger partial charge in [0, 0.05) is 24.9 Å². The van der Waals surface area contributed by atoms with E-state index in [1.165, 1.54) is 0 Å². The van der Waals surface area contributed by atoms with Crippen LogP contribution in [0.4, 0.5) is 5.69 Å². The van der Waals surface area contributed by atoms with Crippen molar-refractivity contribution in [2.24, 2.45) is 0 Å². The van der Waals surface area contributed by atoms with Gasteiger partial charge < -0.3 is 15.8 Å². The largest absolute Gasteiger partial charge is 0.491 e. The SMILES string of the molecule is CCOc1c(N)cccc1C(=O)NCCc1ccccn1. The first-order valence-electron chi connectivity index (χ1n) is 6.91. The number of hydrogen-bond acceptors (Lipinski definition) is 4. The van der Waals surface area contributed by atoms with Crippen molar-refractivity contribution in [3.63, 3.8) is 0 Å². The summed E-state index contributed by atoms with van der Waals surface area (Å²) in [6.07, 6.45) is 2.42. The molecule has 1 aromatic carbocycles. The maximum atomic E-state index is 12.2. The van der Waals surface area contributed by atoms with E-state index in [1.54, 1.807) is 24.4 Å². The summed E-state index contributed by atoms with van der Waals surface area (Å²) in [5, 5.41) is 2.86.